The van der Waals surface area contributed by atoms with Crippen molar-refractivity contribution in [3.8, 4) is 5.75 Å². The van der Waals surface area contributed by atoms with E-state index in [1.54, 1.807) is 29.0 Å². The molecule has 1 aliphatic heterocycles. The van der Waals surface area contributed by atoms with Crippen molar-refractivity contribution < 1.29 is 14.6 Å². The van der Waals surface area contributed by atoms with Gasteiger partial charge in [-0.1, -0.05) is 30.3 Å². The van der Waals surface area contributed by atoms with Gasteiger partial charge in [0, 0.05) is 11.5 Å². The Kier molecular flexibility index (Phi) is 3.75. The summed E-state index contributed by atoms with van der Waals surface area (Å²) in [4.78, 5) is 9.15. The van der Waals surface area contributed by atoms with Gasteiger partial charge in [-0.15, -0.1) is 5.10 Å². The molecule has 0 amide bonds. The van der Waals surface area contributed by atoms with Crippen LogP contribution in [-0.2, 0) is 15.9 Å². The van der Waals surface area contributed by atoms with E-state index < -0.39 is 0 Å². The highest BCUT2D eigenvalue weighted by atomic mass is 16.7. The minimum atomic E-state index is -0.264. The second-order valence-corrected chi connectivity index (χ2v) is 6.57. The highest BCUT2D eigenvalue weighted by Crippen LogP contribution is 2.33. The number of aromatic hydroxyl groups is 1. The summed E-state index contributed by atoms with van der Waals surface area (Å²) in [5, 5.41) is 15.0. The maximum absolute atomic E-state index is 9.92. The predicted octanol–water partition coefficient (Wildman–Crippen LogP) is 2.74. The number of benzene rings is 2. The molecule has 1 unspecified atom stereocenters. The first kappa shape index (κ1) is 16.4. The molecule has 8 nitrogen and oxygen atoms in total. The molecular weight excluding hydrogens is 358 g/mol. The Bertz CT molecular complexity index is 1200. The number of ether oxygens (including phenoxy) is 2. The van der Waals surface area contributed by atoms with Gasteiger partial charge in [0.05, 0.1) is 11.4 Å². The minimum Gasteiger partial charge on any atom is -0.508 e. The third-order valence-electron chi connectivity index (χ3n) is 4.73. The van der Waals surface area contributed by atoms with E-state index in [2.05, 4.69) is 10.1 Å². The molecule has 2 aromatic heterocycles. The first-order chi connectivity index (χ1) is 13.7. The lowest BCUT2D eigenvalue weighted by atomic mass is 9.96. The summed E-state index contributed by atoms with van der Waals surface area (Å²) in [6, 6.07) is 15.0. The van der Waals surface area contributed by atoms with Crippen LogP contribution in [0.5, 0.6) is 5.75 Å². The van der Waals surface area contributed by atoms with Crippen LogP contribution >= 0.6 is 0 Å². The smallest absolute Gasteiger partial charge is 0.240 e. The van der Waals surface area contributed by atoms with Gasteiger partial charge >= 0.3 is 0 Å². The van der Waals surface area contributed by atoms with Crippen LogP contribution in [0.25, 0.3) is 16.6 Å². The lowest BCUT2D eigenvalue weighted by Gasteiger charge is -2.18. The first-order valence-electron chi connectivity index (χ1n) is 8.82. The summed E-state index contributed by atoms with van der Waals surface area (Å²) >= 11 is 0. The summed E-state index contributed by atoms with van der Waals surface area (Å²) in [5.74, 6) is 1.28. The van der Waals surface area contributed by atoms with Crippen LogP contribution in [0.1, 0.15) is 17.3 Å². The van der Waals surface area contributed by atoms with E-state index in [0.717, 1.165) is 10.9 Å². The summed E-state index contributed by atoms with van der Waals surface area (Å²) in [5.41, 5.74) is 8.19. The van der Waals surface area contributed by atoms with E-state index in [4.69, 9.17) is 20.2 Å². The summed E-state index contributed by atoms with van der Waals surface area (Å²) in [6.07, 6.45) is 2.23. The molecular formula is C20H17N5O3. The number of phenols is 1. The predicted molar refractivity (Wildman–Crippen MR) is 102 cm³/mol. The molecule has 3 heterocycles. The largest absolute Gasteiger partial charge is 0.508 e. The Morgan fingerprint density at radius 2 is 2.00 bits per heavy atom. The first-order valence-corrected chi connectivity index (χ1v) is 8.82. The average molecular weight is 375 g/mol. The summed E-state index contributed by atoms with van der Waals surface area (Å²) in [7, 11) is 0. The number of anilines is 1. The number of aromatic nitrogens is 4. The quantitative estimate of drug-likeness (QED) is 0.565. The number of fused-ring (bicyclic) bond motifs is 3. The Hall–Kier alpha value is -3.81. The van der Waals surface area contributed by atoms with Crippen LogP contribution < -0.4 is 5.73 Å². The molecule has 0 saturated carbocycles. The van der Waals surface area contributed by atoms with Gasteiger partial charge in [0.1, 0.15) is 23.6 Å². The molecule has 140 valence electrons. The van der Waals surface area contributed by atoms with Gasteiger partial charge in [-0.25, -0.2) is 4.98 Å². The van der Waals surface area contributed by atoms with Gasteiger partial charge in [0.15, 0.2) is 5.65 Å². The molecule has 2 aromatic carbocycles. The molecule has 0 aliphatic carbocycles. The van der Waals surface area contributed by atoms with Crippen molar-refractivity contribution in [2.75, 3.05) is 12.5 Å². The highest BCUT2D eigenvalue weighted by molar-refractivity contribution is 5.92. The van der Waals surface area contributed by atoms with Crippen molar-refractivity contribution in [2.45, 2.75) is 12.3 Å². The average Bonchev–Trinajstić information content (AvgIpc) is 3.35. The lowest BCUT2D eigenvalue weighted by Crippen LogP contribution is -2.15. The van der Waals surface area contributed by atoms with Gasteiger partial charge in [-0.05, 0) is 24.1 Å². The third kappa shape index (κ3) is 2.75. The van der Waals surface area contributed by atoms with Gasteiger partial charge in [0.2, 0.25) is 12.7 Å². The van der Waals surface area contributed by atoms with E-state index in [-0.39, 0.29) is 24.4 Å². The standard InChI is InChI=1S/C20H17N5O3/c21-20-23-18-14-7-6-13(26)9-16(14)22-19(25(18)24-20)15(17-10-27-11-28-17)8-12-4-2-1-3-5-12/h1-7,9-10,15,26H,8,11H2,(H2,21,24). The van der Waals surface area contributed by atoms with E-state index in [1.807, 2.05) is 30.3 Å². The summed E-state index contributed by atoms with van der Waals surface area (Å²) < 4.78 is 12.6. The van der Waals surface area contributed by atoms with E-state index in [1.165, 1.54) is 0 Å². The topological polar surface area (TPSA) is 108 Å². The number of nitrogens with two attached hydrogens (primary N) is 1. The SMILES string of the molecule is Nc1nc2c3ccc(O)cc3nc(C(Cc3ccccc3)C3=COCO3)n2n1. The molecule has 4 aromatic rings. The second-order valence-electron chi connectivity index (χ2n) is 6.57. The van der Waals surface area contributed by atoms with Crippen LogP contribution in [-0.4, -0.2) is 31.5 Å². The van der Waals surface area contributed by atoms with Gasteiger partial charge in [-0.2, -0.15) is 9.50 Å². The molecule has 0 radical (unpaired) electrons. The fourth-order valence-electron chi connectivity index (χ4n) is 3.46. The van der Waals surface area contributed by atoms with Gasteiger partial charge in [0.25, 0.3) is 0 Å². The van der Waals surface area contributed by atoms with Gasteiger partial charge in [-0.3, -0.25) is 0 Å². The van der Waals surface area contributed by atoms with E-state index in [9.17, 15) is 5.11 Å². The normalized spacial score (nSPS) is 14.6. The Labute approximate surface area is 159 Å². The zero-order valence-electron chi connectivity index (χ0n) is 14.8. The highest BCUT2D eigenvalue weighted by Gasteiger charge is 2.28. The minimum absolute atomic E-state index is 0.127. The fourth-order valence-corrected chi connectivity index (χ4v) is 3.46. The summed E-state index contributed by atoms with van der Waals surface area (Å²) in [6.45, 7) is 0.164. The Morgan fingerprint density at radius 3 is 2.79 bits per heavy atom. The van der Waals surface area contributed by atoms with Crippen LogP contribution in [0.15, 0.2) is 60.6 Å². The Balaban J connectivity index is 1.74. The van der Waals surface area contributed by atoms with Crippen molar-refractivity contribution in [1.29, 1.82) is 0 Å². The van der Waals surface area contributed by atoms with Crippen molar-refractivity contribution in [1.82, 2.24) is 19.6 Å². The molecule has 28 heavy (non-hydrogen) atoms. The molecule has 3 N–H and O–H groups in total. The molecule has 0 bridgehead atoms. The maximum atomic E-state index is 9.92. The monoisotopic (exact) mass is 375 g/mol. The lowest BCUT2D eigenvalue weighted by molar-refractivity contribution is 0.0747. The molecule has 0 fully saturated rings. The van der Waals surface area contributed by atoms with Gasteiger partial charge < -0.3 is 20.3 Å². The number of nitrogens with zero attached hydrogens (tertiary/aromatic N) is 4. The molecule has 0 saturated heterocycles. The maximum Gasteiger partial charge on any atom is 0.240 e. The molecule has 8 heteroatoms. The van der Waals surface area contributed by atoms with Crippen LogP contribution in [0, 0.1) is 0 Å². The number of phenolic OH excluding ortho intramolecular Hbond substituents is 1. The van der Waals surface area contributed by atoms with Crippen molar-refractivity contribution in [3.63, 3.8) is 0 Å². The number of hydrogen-bond donors (Lipinski definition) is 2. The number of rotatable bonds is 4. The van der Waals surface area contributed by atoms with Crippen LogP contribution in [0.3, 0.4) is 0 Å². The molecule has 0 spiro atoms. The van der Waals surface area contributed by atoms with Crippen molar-refractivity contribution in [2.24, 2.45) is 0 Å². The molecule has 1 aliphatic rings. The number of allylic oxidation sites excluding steroid dienone is 1. The zero-order chi connectivity index (χ0) is 19.1. The van der Waals surface area contributed by atoms with Crippen LogP contribution in [0.4, 0.5) is 5.95 Å². The Morgan fingerprint density at radius 1 is 1.14 bits per heavy atom. The van der Waals surface area contributed by atoms with Crippen molar-refractivity contribution >= 4 is 22.5 Å². The van der Waals surface area contributed by atoms with E-state index in [0.29, 0.717) is 29.2 Å². The second kappa shape index (κ2) is 6.41. The number of hydrogen-bond acceptors (Lipinski definition) is 7. The molecule has 5 rings (SSSR count). The van der Waals surface area contributed by atoms with Crippen LogP contribution in [0.2, 0.25) is 0 Å². The van der Waals surface area contributed by atoms with E-state index >= 15 is 0 Å². The fraction of sp³-hybridized carbons (Fsp3) is 0.150. The molecule has 1 atom stereocenters. The third-order valence-corrected chi connectivity index (χ3v) is 4.73. The van der Waals surface area contributed by atoms with Crippen molar-refractivity contribution in [3.05, 3.63) is 71.9 Å². The number of nitrogen functional groups attached to an aromatic ring is 1. The zero-order valence-corrected chi connectivity index (χ0v) is 14.8.